The van der Waals surface area contributed by atoms with Gasteiger partial charge < -0.3 is 20.3 Å². The standard InChI is InChI=1S/C12H21NO5/c1-11(2,3)18-10(16)13-8-6-4-5-7-12(8,17)9(14)15/h8,17H,4-7H2,1-3H3,(H,13,16)(H,14,15). The van der Waals surface area contributed by atoms with Crippen LogP contribution in [-0.2, 0) is 9.53 Å². The van der Waals surface area contributed by atoms with Gasteiger partial charge in [0.1, 0.15) is 5.60 Å². The molecule has 2 atom stereocenters. The summed E-state index contributed by atoms with van der Waals surface area (Å²) in [4.78, 5) is 22.7. The number of alkyl carbamates (subject to hydrolysis) is 1. The van der Waals surface area contributed by atoms with Gasteiger partial charge >= 0.3 is 12.1 Å². The Morgan fingerprint density at radius 2 is 1.94 bits per heavy atom. The summed E-state index contributed by atoms with van der Waals surface area (Å²) in [6.45, 7) is 5.16. The van der Waals surface area contributed by atoms with Crippen LogP contribution in [0.2, 0.25) is 0 Å². The summed E-state index contributed by atoms with van der Waals surface area (Å²) in [5.74, 6) is -1.30. The van der Waals surface area contributed by atoms with Crippen molar-refractivity contribution in [1.29, 1.82) is 0 Å². The maximum atomic E-state index is 11.6. The molecule has 2 unspecified atom stereocenters. The van der Waals surface area contributed by atoms with E-state index in [1.807, 2.05) is 0 Å². The Hall–Kier alpha value is -1.30. The van der Waals surface area contributed by atoms with Crippen LogP contribution in [0.4, 0.5) is 4.79 Å². The van der Waals surface area contributed by atoms with Gasteiger partial charge in [-0.25, -0.2) is 9.59 Å². The largest absolute Gasteiger partial charge is 0.479 e. The zero-order chi connectivity index (χ0) is 14.0. The predicted molar refractivity (Wildman–Crippen MR) is 64.2 cm³/mol. The second kappa shape index (κ2) is 5.14. The molecule has 0 aliphatic heterocycles. The van der Waals surface area contributed by atoms with E-state index in [2.05, 4.69) is 5.32 Å². The first-order valence-corrected chi connectivity index (χ1v) is 6.10. The number of ether oxygens (including phenoxy) is 1. The third-order valence-corrected chi connectivity index (χ3v) is 2.94. The van der Waals surface area contributed by atoms with Gasteiger partial charge in [-0.15, -0.1) is 0 Å². The van der Waals surface area contributed by atoms with Crippen LogP contribution in [0.3, 0.4) is 0 Å². The molecule has 1 aliphatic rings. The lowest BCUT2D eigenvalue weighted by Crippen LogP contribution is -2.59. The minimum atomic E-state index is -1.89. The molecule has 6 heteroatoms. The van der Waals surface area contributed by atoms with E-state index in [4.69, 9.17) is 9.84 Å². The van der Waals surface area contributed by atoms with Gasteiger partial charge in [0.15, 0.2) is 5.60 Å². The summed E-state index contributed by atoms with van der Waals surface area (Å²) < 4.78 is 5.06. The second-order valence-corrected chi connectivity index (χ2v) is 5.67. The van der Waals surface area contributed by atoms with Gasteiger partial charge in [0.05, 0.1) is 6.04 Å². The van der Waals surface area contributed by atoms with Gasteiger partial charge in [-0.3, -0.25) is 0 Å². The Morgan fingerprint density at radius 3 is 2.44 bits per heavy atom. The highest BCUT2D eigenvalue weighted by Crippen LogP contribution is 2.29. The summed E-state index contributed by atoms with van der Waals surface area (Å²) in [6.07, 6.45) is 1.28. The van der Waals surface area contributed by atoms with E-state index < -0.39 is 29.3 Å². The Morgan fingerprint density at radius 1 is 1.33 bits per heavy atom. The highest BCUT2D eigenvalue weighted by Gasteiger charge is 2.46. The molecule has 0 aromatic rings. The lowest BCUT2D eigenvalue weighted by molar-refractivity contribution is -0.165. The minimum Gasteiger partial charge on any atom is -0.479 e. The van der Waals surface area contributed by atoms with Gasteiger partial charge in [-0.2, -0.15) is 0 Å². The van der Waals surface area contributed by atoms with Crippen molar-refractivity contribution in [2.75, 3.05) is 0 Å². The van der Waals surface area contributed by atoms with Crippen LogP contribution in [0.15, 0.2) is 0 Å². The van der Waals surface area contributed by atoms with Crippen LogP contribution < -0.4 is 5.32 Å². The molecule has 1 rings (SSSR count). The van der Waals surface area contributed by atoms with Crippen molar-refractivity contribution in [2.24, 2.45) is 0 Å². The van der Waals surface area contributed by atoms with Crippen molar-refractivity contribution in [2.45, 2.75) is 63.7 Å². The number of aliphatic carboxylic acids is 1. The Labute approximate surface area is 106 Å². The number of rotatable bonds is 2. The molecule has 0 aromatic carbocycles. The van der Waals surface area contributed by atoms with Crippen molar-refractivity contribution in [3.05, 3.63) is 0 Å². The third-order valence-electron chi connectivity index (χ3n) is 2.94. The van der Waals surface area contributed by atoms with Gasteiger partial charge in [-0.1, -0.05) is 6.42 Å². The lowest BCUT2D eigenvalue weighted by atomic mass is 9.80. The molecule has 6 nitrogen and oxygen atoms in total. The summed E-state index contributed by atoms with van der Waals surface area (Å²) in [5.41, 5.74) is -2.55. The van der Waals surface area contributed by atoms with E-state index in [1.54, 1.807) is 20.8 Å². The zero-order valence-corrected chi connectivity index (χ0v) is 11.0. The molecule has 0 heterocycles. The van der Waals surface area contributed by atoms with Crippen LogP contribution >= 0.6 is 0 Å². The van der Waals surface area contributed by atoms with Crippen molar-refractivity contribution in [1.82, 2.24) is 5.32 Å². The molecule has 1 aliphatic carbocycles. The predicted octanol–water partition coefficient (Wildman–Crippen LogP) is 1.27. The van der Waals surface area contributed by atoms with Crippen molar-refractivity contribution >= 4 is 12.1 Å². The minimum absolute atomic E-state index is 0.142. The fraction of sp³-hybridized carbons (Fsp3) is 0.833. The molecule has 104 valence electrons. The first-order valence-electron chi connectivity index (χ1n) is 6.10. The zero-order valence-electron chi connectivity index (χ0n) is 11.0. The summed E-state index contributed by atoms with van der Waals surface area (Å²) in [6, 6.07) is -0.807. The lowest BCUT2D eigenvalue weighted by Gasteiger charge is -2.37. The number of hydrogen-bond acceptors (Lipinski definition) is 4. The van der Waals surface area contributed by atoms with E-state index >= 15 is 0 Å². The fourth-order valence-corrected chi connectivity index (χ4v) is 2.05. The number of carboxylic acid groups (broad SMARTS) is 1. The quantitative estimate of drug-likeness (QED) is 0.694. The molecular formula is C12H21NO5. The summed E-state index contributed by atoms with van der Waals surface area (Å²) in [7, 11) is 0. The fourth-order valence-electron chi connectivity index (χ4n) is 2.05. The van der Waals surface area contributed by atoms with Crippen LogP contribution in [0.1, 0.15) is 46.5 Å². The first-order chi connectivity index (χ1) is 8.15. The monoisotopic (exact) mass is 259 g/mol. The molecule has 0 bridgehead atoms. The molecule has 0 spiro atoms. The van der Waals surface area contributed by atoms with Crippen molar-refractivity contribution in [3.63, 3.8) is 0 Å². The maximum Gasteiger partial charge on any atom is 0.407 e. The normalized spacial score (nSPS) is 28.6. The number of carbonyl (C=O) groups is 2. The number of carboxylic acids is 1. The van der Waals surface area contributed by atoms with E-state index in [9.17, 15) is 14.7 Å². The SMILES string of the molecule is CC(C)(C)OC(=O)NC1CCCCC1(O)C(=O)O. The second-order valence-electron chi connectivity index (χ2n) is 5.67. The molecular weight excluding hydrogens is 238 g/mol. The third kappa shape index (κ3) is 3.60. The molecule has 0 saturated heterocycles. The molecule has 1 amide bonds. The number of nitrogens with one attached hydrogen (secondary N) is 1. The first kappa shape index (κ1) is 14.8. The maximum absolute atomic E-state index is 11.6. The van der Waals surface area contributed by atoms with Gasteiger partial charge in [0, 0.05) is 0 Å². The highest BCUT2D eigenvalue weighted by atomic mass is 16.6. The van der Waals surface area contributed by atoms with Crippen molar-refractivity contribution in [3.8, 4) is 0 Å². The molecule has 18 heavy (non-hydrogen) atoms. The highest BCUT2D eigenvalue weighted by molar-refractivity contribution is 5.80. The van der Waals surface area contributed by atoms with E-state index in [-0.39, 0.29) is 6.42 Å². The van der Waals surface area contributed by atoms with Crippen LogP contribution in [0.5, 0.6) is 0 Å². The molecule has 0 radical (unpaired) electrons. The van der Waals surface area contributed by atoms with E-state index in [0.29, 0.717) is 12.8 Å². The van der Waals surface area contributed by atoms with Crippen LogP contribution in [0.25, 0.3) is 0 Å². The smallest absolute Gasteiger partial charge is 0.407 e. The van der Waals surface area contributed by atoms with Crippen LogP contribution in [-0.4, -0.2) is 39.5 Å². The molecule has 1 fully saturated rings. The number of hydrogen-bond donors (Lipinski definition) is 3. The Bertz CT molecular complexity index is 336. The Balaban J connectivity index is 2.69. The Kier molecular flexibility index (Phi) is 4.21. The molecule has 0 aromatic heterocycles. The van der Waals surface area contributed by atoms with Gasteiger partial charge in [0.2, 0.25) is 0 Å². The van der Waals surface area contributed by atoms with Gasteiger partial charge in [0.25, 0.3) is 0 Å². The summed E-state index contributed by atoms with van der Waals surface area (Å²) >= 11 is 0. The van der Waals surface area contributed by atoms with E-state index in [1.165, 1.54) is 0 Å². The van der Waals surface area contributed by atoms with Crippen LogP contribution in [0, 0.1) is 0 Å². The average molecular weight is 259 g/mol. The van der Waals surface area contributed by atoms with Crippen molar-refractivity contribution < 1.29 is 24.5 Å². The van der Waals surface area contributed by atoms with E-state index in [0.717, 1.165) is 6.42 Å². The number of amides is 1. The summed E-state index contributed by atoms with van der Waals surface area (Å²) in [5, 5.41) is 21.6. The molecule has 1 saturated carbocycles. The number of aliphatic hydroxyl groups is 1. The van der Waals surface area contributed by atoms with Gasteiger partial charge in [-0.05, 0) is 40.0 Å². The molecule has 3 N–H and O–H groups in total. The number of carbonyl (C=O) groups excluding carboxylic acids is 1. The average Bonchev–Trinajstić information content (AvgIpc) is 2.18. The topological polar surface area (TPSA) is 95.9 Å².